The van der Waals surface area contributed by atoms with E-state index >= 15 is 0 Å². The van der Waals surface area contributed by atoms with Crippen LogP contribution in [0.25, 0.3) is 0 Å². The number of fused-ring (bicyclic) bond motifs is 1. The lowest BCUT2D eigenvalue weighted by molar-refractivity contribution is 0.102. The summed E-state index contributed by atoms with van der Waals surface area (Å²) in [5.41, 5.74) is 5.37. The standard InChI is InChI=1S/C28H37N3O4S/c1-4-36(33,34)30-22-5-6-24(25(18-22)31-12-10-28(8-9-28)11-13-31)27(32)29-23-16-20-7-14-35-26(20)21(17-23)15-19(2)3/h5-6,16-19,30H,4,7-15H2,1-3H3,(H,29,32). The first kappa shape index (κ1) is 24.9. The van der Waals surface area contributed by atoms with Gasteiger partial charge in [-0.3, -0.25) is 9.52 Å². The van der Waals surface area contributed by atoms with Crippen molar-refractivity contribution in [2.75, 3.05) is 40.4 Å². The molecule has 2 fully saturated rings. The van der Waals surface area contributed by atoms with Crippen molar-refractivity contribution in [1.29, 1.82) is 0 Å². The minimum atomic E-state index is -3.41. The van der Waals surface area contributed by atoms with Gasteiger partial charge in [-0.2, -0.15) is 0 Å². The lowest BCUT2D eigenvalue weighted by atomic mass is 9.93. The summed E-state index contributed by atoms with van der Waals surface area (Å²) in [5, 5.41) is 3.13. The van der Waals surface area contributed by atoms with Crippen LogP contribution in [0.15, 0.2) is 30.3 Å². The Hall–Kier alpha value is -2.74. The number of carbonyl (C=O) groups excluding carboxylic acids is 1. The van der Waals surface area contributed by atoms with Crippen LogP contribution in [0.1, 0.15) is 67.9 Å². The van der Waals surface area contributed by atoms with Crippen molar-refractivity contribution in [3.05, 3.63) is 47.0 Å². The topological polar surface area (TPSA) is 87.7 Å². The van der Waals surface area contributed by atoms with Gasteiger partial charge in [0.15, 0.2) is 0 Å². The van der Waals surface area contributed by atoms with Crippen LogP contribution in [-0.2, 0) is 22.9 Å². The number of anilines is 3. The van der Waals surface area contributed by atoms with E-state index in [9.17, 15) is 13.2 Å². The highest BCUT2D eigenvalue weighted by Crippen LogP contribution is 2.54. The van der Waals surface area contributed by atoms with Crippen molar-refractivity contribution < 1.29 is 17.9 Å². The maximum Gasteiger partial charge on any atom is 0.257 e. The van der Waals surface area contributed by atoms with Gasteiger partial charge in [-0.15, -0.1) is 0 Å². The second-order valence-corrected chi connectivity index (χ2v) is 13.0. The van der Waals surface area contributed by atoms with Crippen molar-refractivity contribution in [3.63, 3.8) is 0 Å². The molecule has 2 heterocycles. The predicted octanol–water partition coefficient (Wildman–Crippen LogP) is 5.21. The van der Waals surface area contributed by atoms with Gasteiger partial charge < -0.3 is 15.0 Å². The first-order valence-corrected chi connectivity index (χ1v) is 14.8. The molecule has 1 aliphatic carbocycles. The Morgan fingerprint density at radius 1 is 1.08 bits per heavy atom. The minimum absolute atomic E-state index is 0.00242. The number of piperidine rings is 1. The normalized spacial score (nSPS) is 18.2. The van der Waals surface area contributed by atoms with Gasteiger partial charge in [-0.05, 0) is 91.8 Å². The average molecular weight is 512 g/mol. The molecule has 2 N–H and O–H groups in total. The fraction of sp³-hybridized carbons (Fsp3) is 0.536. The minimum Gasteiger partial charge on any atom is -0.493 e. The van der Waals surface area contributed by atoms with Crippen molar-refractivity contribution >= 4 is 33.0 Å². The fourth-order valence-corrected chi connectivity index (χ4v) is 6.08. The Kier molecular flexibility index (Phi) is 6.66. The van der Waals surface area contributed by atoms with Gasteiger partial charge in [0.25, 0.3) is 5.91 Å². The maximum atomic E-state index is 13.6. The van der Waals surface area contributed by atoms with Crippen LogP contribution in [0.4, 0.5) is 17.1 Å². The van der Waals surface area contributed by atoms with Crippen molar-refractivity contribution in [2.24, 2.45) is 11.3 Å². The Bertz CT molecular complexity index is 1260. The molecule has 1 saturated heterocycles. The second-order valence-electron chi connectivity index (χ2n) is 11.0. The molecular weight excluding hydrogens is 474 g/mol. The van der Waals surface area contributed by atoms with Crippen molar-refractivity contribution in [3.8, 4) is 5.75 Å². The van der Waals surface area contributed by atoms with E-state index in [-0.39, 0.29) is 11.7 Å². The lowest BCUT2D eigenvalue weighted by Gasteiger charge is -2.35. The molecule has 5 rings (SSSR count). The van der Waals surface area contributed by atoms with Crippen LogP contribution in [-0.4, -0.2) is 39.8 Å². The van der Waals surface area contributed by atoms with Crippen LogP contribution in [0.5, 0.6) is 5.75 Å². The second kappa shape index (κ2) is 9.61. The Balaban J connectivity index is 1.44. The molecule has 0 atom stereocenters. The Labute approximate surface area is 214 Å². The van der Waals surface area contributed by atoms with Gasteiger partial charge in [0, 0.05) is 25.2 Å². The predicted molar refractivity (Wildman–Crippen MR) is 145 cm³/mol. The molecule has 3 aliphatic rings. The molecule has 7 nitrogen and oxygen atoms in total. The average Bonchev–Trinajstić information content (AvgIpc) is 3.40. The van der Waals surface area contributed by atoms with Gasteiger partial charge in [0.2, 0.25) is 10.0 Å². The first-order chi connectivity index (χ1) is 17.2. The van der Waals surface area contributed by atoms with Crippen LogP contribution in [0.3, 0.4) is 0 Å². The third-order valence-corrected chi connectivity index (χ3v) is 9.07. The van der Waals surface area contributed by atoms with Gasteiger partial charge >= 0.3 is 0 Å². The molecule has 2 aromatic rings. The Morgan fingerprint density at radius 3 is 2.50 bits per heavy atom. The summed E-state index contributed by atoms with van der Waals surface area (Å²) in [7, 11) is -3.41. The number of sulfonamides is 1. The van der Waals surface area contributed by atoms with Crippen LogP contribution >= 0.6 is 0 Å². The zero-order valence-corrected chi connectivity index (χ0v) is 22.3. The molecule has 0 aromatic heterocycles. The number of rotatable bonds is 8. The van der Waals surface area contributed by atoms with Gasteiger partial charge in [0.1, 0.15) is 5.75 Å². The Morgan fingerprint density at radius 2 is 1.83 bits per heavy atom. The van der Waals surface area contributed by atoms with E-state index in [4.69, 9.17) is 4.74 Å². The number of nitrogens with zero attached hydrogens (tertiary/aromatic N) is 1. The molecule has 36 heavy (non-hydrogen) atoms. The largest absolute Gasteiger partial charge is 0.493 e. The first-order valence-electron chi connectivity index (χ1n) is 13.2. The SMILES string of the molecule is CCS(=O)(=O)Nc1ccc(C(=O)Nc2cc3c(c(CC(C)C)c2)OCC3)c(N2CCC3(CC2)CC3)c1. The number of nitrogens with one attached hydrogen (secondary N) is 2. The van der Waals surface area contributed by atoms with E-state index in [1.165, 1.54) is 12.8 Å². The molecule has 0 unspecified atom stereocenters. The van der Waals surface area contributed by atoms with Crippen molar-refractivity contribution in [2.45, 2.75) is 59.3 Å². The van der Waals surface area contributed by atoms with E-state index in [2.05, 4.69) is 28.8 Å². The molecule has 1 spiro atoms. The summed E-state index contributed by atoms with van der Waals surface area (Å²) in [6.07, 6.45) is 6.55. The van der Waals surface area contributed by atoms with E-state index in [1.54, 1.807) is 19.1 Å². The molecule has 194 valence electrons. The van der Waals surface area contributed by atoms with Gasteiger partial charge in [-0.25, -0.2) is 8.42 Å². The zero-order chi connectivity index (χ0) is 25.5. The summed E-state index contributed by atoms with van der Waals surface area (Å²) in [6.45, 7) is 8.39. The quantitative estimate of drug-likeness (QED) is 0.508. The lowest BCUT2D eigenvalue weighted by Crippen LogP contribution is -2.35. The van der Waals surface area contributed by atoms with Crippen LogP contribution in [0, 0.1) is 11.3 Å². The van der Waals surface area contributed by atoms with Gasteiger partial charge in [0.05, 0.1) is 29.3 Å². The summed E-state index contributed by atoms with van der Waals surface area (Å²) in [6, 6.07) is 9.28. The number of ether oxygens (including phenoxy) is 1. The zero-order valence-electron chi connectivity index (χ0n) is 21.5. The fourth-order valence-electron chi connectivity index (χ4n) is 5.45. The van der Waals surface area contributed by atoms with Crippen molar-refractivity contribution in [1.82, 2.24) is 0 Å². The third kappa shape index (κ3) is 5.33. The molecule has 2 aliphatic heterocycles. The monoisotopic (exact) mass is 511 g/mol. The number of benzene rings is 2. The molecule has 0 bridgehead atoms. The van der Waals surface area contributed by atoms with E-state index < -0.39 is 10.0 Å². The van der Waals surface area contributed by atoms with Crippen LogP contribution < -0.4 is 19.7 Å². The van der Waals surface area contributed by atoms with Crippen LogP contribution in [0.2, 0.25) is 0 Å². The molecule has 8 heteroatoms. The van der Waals surface area contributed by atoms with E-state index in [0.29, 0.717) is 29.2 Å². The summed E-state index contributed by atoms with van der Waals surface area (Å²) in [5.74, 6) is 1.26. The smallest absolute Gasteiger partial charge is 0.257 e. The molecule has 1 amide bonds. The summed E-state index contributed by atoms with van der Waals surface area (Å²) >= 11 is 0. The summed E-state index contributed by atoms with van der Waals surface area (Å²) in [4.78, 5) is 15.8. The number of hydrogen-bond acceptors (Lipinski definition) is 5. The van der Waals surface area contributed by atoms with E-state index in [1.807, 2.05) is 18.2 Å². The molecular formula is C28H37N3O4S. The number of carbonyl (C=O) groups is 1. The molecule has 0 radical (unpaired) electrons. The maximum absolute atomic E-state index is 13.6. The number of amides is 1. The summed E-state index contributed by atoms with van der Waals surface area (Å²) < 4.78 is 32.9. The van der Waals surface area contributed by atoms with E-state index in [0.717, 1.165) is 67.0 Å². The number of hydrogen-bond donors (Lipinski definition) is 2. The highest BCUT2D eigenvalue weighted by atomic mass is 32.2. The molecule has 1 saturated carbocycles. The molecule has 2 aromatic carbocycles. The highest BCUT2D eigenvalue weighted by molar-refractivity contribution is 7.92. The highest BCUT2D eigenvalue weighted by Gasteiger charge is 2.44. The van der Waals surface area contributed by atoms with Gasteiger partial charge in [-0.1, -0.05) is 13.8 Å². The third-order valence-electron chi connectivity index (χ3n) is 7.76.